The lowest BCUT2D eigenvalue weighted by molar-refractivity contribution is -0.136. The van der Waals surface area contributed by atoms with E-state index in [-0.39, 0.29) is 32.2 Å². The van der Waals surface area contributed by atoms with Crippen molar-refractivity contribution >= 4 is 41.0 Å². The highest BCUT2D eigenvalue weighted by molar-refractivity contribution is 7.07. The first-order chi connectivity index (χ1) is 17.2. The highest BCUT2D eigenvalue weighted by Crippen LogP contribution is 2.36. The Morgan fingerprint density at radius 2 is 1.94 bits per heavy atom. The summed E-state index contributed by atoms with van der Waals surface area (Å²) in [5.74, 6) is -1.39. The number of carbonyl (C=O) groups is 2. The van der Waals surface area contributed by atoms with Crippen LogP contribution in [0.2, 0.25) is 5.02 Å². The molecule has 4 rings (SSSR count). The van der Waals surface area contributed by atoms with Crippen LogP contribution >= 0.6 is 22.9 Å². The minimum atomic E-state index is -0.938. The summed E-state index contributed by atoms with van der Waals surface area (Å²) in [6.45, 7) is 2.89. The third-order valence-electron chi connectivity index (χ3n) is 5.46. The molecule has 186 valence electrons. The number of esters is 2. The number of allylic oxidation sites excluding steroid dienone is 1. The monoisotopic (exact) mass is 530 g/mol. The van der Waals surface area contributed by atoms with Crippen molar-refractivity contribution in [1.82, 2.24) is 4.57 Å². The molecule has 0 amide bonds. The van der Waals surface area contributed by atoms with Gasteiger partial charge in [-0.15, -0.1) is 0 Å². The molecular formula is C25H20ClFN2O6S. The Morgan fingerprint density at radius 1 is 1.19 bits per heavy atom. The Bertz CT molecular complexity index is 1590. The van der Waals surface area contributed by atoms with Crippen LogP contribution in [0.25, 0.3) is 6.08 Å². The van der Waals surface area contributed by atoms with Gasteiger partial charge < -0.3 is 14.2 Å². The molecule has 2 heterocycles. The number of methoxy groups -OCH3 is 2. The number of benzene rings is 2. The Kier molecular flexibility index (Phi) is 7.09. The van der Waals surface area contributed by atoms with E-state index in [0.717, 1.165) is 11.3 Å². The second-order valence-electron chi connectivity index (χ2n) is 7.71. The summed E-state index contributed by atoms with van der Waals surface area (Å²) in [6.07, 6.45) is 1.36. The van der Waals surface area contributed by atoms with Crippen molar-refractivity contribution in [2.24, 2.45) is 4.99 Å². The number of fused-ring (bicyclic) bond motifs is 1. The second kappa shape index (κ2) is 10.1. The maximum atomic E-state index is 14.4. The van der Waals surface area contributed by atoms with Crippen molar-refractivity contribution in [2.75, 3.05) is 14.2 Å². The topological polar surface area (TPSA) is 96.2 Å². The van der Waals surface area contributed by atoms with Crippen LogP contribution in [0.1, 0.15) is 31.0 Å². The van der Waals surface area contributed by atoms with Crippen molar-refractivity contribution in [1.29, 1.82) is 0 Å². The number of nitrogens with zero attached hydrogens (tertiary/aromatic N) is 2. The first-order valence-electron chi connectivity index (χ1n) is 10.6. The van der Waals surface area contributed by atoms with Crippen molar-refractivity contribution < 1.29 is 28.2 Å². The summed E-state index contributed by atoms with van der Waals surface area (Å²) in [5, 5.41) is 0.148. The van der Waals surface area contributed by atoms with Gasteiger partial charge in [-0.2, -0.15) is 0 Å². The standard InChI is InChI=1S/C25H20ClFN2O6S/c1-12-21(24(32)34-4)22(14-8-9-18(35-13(2)30)19(10-14)33-3)29-23(31)20(36-25(29)28-12)11-15-16(26)6-5-7-17(15)27/h5-11,22H,1-4H3/b20-11-. The smallest absolute Gasteiger partial charge is 0.338 e. The number of hydrogen-bond donors (Lipinski definition) is 0. The average Bonchev–Trinajstić information content (AvgIpc) is 3.14. The van der Waals surface area contributed by atoms with E-state index in [1.165, 1.54) is 56.1 Å². The Labute approximate surface area is 213 Å². The number of aromatic nitrogens is 1. The summed E-state index contributed by atoms with van der Waals surface area (Å²) >= 11 is 7.19. The van der Waals surface area contributed by atoms with Gasteiger partial charge >= 0.3 is 11.9 Å². The predicted molar refractivity (Wildman–Crippen MR) is 131 cm³/mol. The molecule has 36 heavy (non-hydrogen) atoms. The average molecular weight is 531 g/mol. The summed E-state index contributed by atoms with van der Waals surface area (Å²) < 4.78 is 31.5. The molecule has 1 unspecified atom stereocenters. The SMILES string of the molecule is COC(=O)C1=C(C)N=c2s/c(=C\c3c(F)cccc3Cl)c(=O)n2C1c1ccc(OC(C)=O)c(OC)c1. The number of ether oxygens (including phenoxy) is 3. The van der Waals surface area contributed by atoms with Gasteiger partial charge in [0.1, 0.15) is 5.82 Å². The van der Waals surface area contributed by atoms with Gasteiger partial charge in [0.2, 0.25) is 0 Å². The molecule has 1 aliphatic rings. The largest absolute Gasteiger partial charge is 0.493 e. The van der Waals surface area contributed by atoms with Crippen LogP contribution in [0.15, 0.2) is 57.5 Å². The van der Waals surface area contributed by atoms with Crippen molar-refractivity contribution in [2.45, 2.75) is 19.9 Å². The molecule has 8 nitrogen and oxygen atoms in total. The quantitative estimate of drug-likeness (QED) is 0.371. The first-order valence-corrected chi connectivity index (χ1v) is 11.8. The number of thiazole rings is 1. The maximum Gasteiger partial charge on any atom is 0.338 e. The van der Waals surface area contributed by atoms with Crippen molar-refractivity contribution in [3.8, 4) is 11.5 Å². The van der Waals surface area contributed by atoms with Crippen molar-refractivity contribution in [3.63, 3.8) is 0 Å². The molecular weight excluding hydrogens is 511 g/mol. The molecule has 1 aliphatic heterocycles. The molecule has 0 bridgehead atoms. The molecule has 1 aromatic heterocycles. The molecule has 3 aromatic rings. The molecule has 0 N–H and O–H groups in total. The lowest BCUT2D eigenvalue weighted by Gasteiger charge is -2.25. The number of rotatable bonds is 5. The highest BCUT2D eigenvalue weighted by Gasteiger charge is 2.33. The van der Waals surface area contributed by atoms with Gasteiger partial charge in [-0.3, -0.25) is 14.2 Å². The minimum Gasteiger partial charge on any atom is -0.493 e. The van der Waals surface area contributed by atoms with Crippen LogP contribution < -0.4 is 24.4 Å². The summed E-state index contributed by atoms with van der Waals surface area (Å²) in [6, 6.07) is 7.98. The Morgan fingerprint density at radius 3 is 2.58 bits per heavy atom. The van der Waals surface area contributed by atoms with E-state index in [4.69, 9.17) is 25.8 Å². The van der Waals surface area contributed by atoms with Crippen molar-refractivity contribution in [3.05, 3.63) is 89.3 Å². The minimum absolute atomic E-state index is 0.0669. The Hall–Kier alpha value is -3.76. The molecule has 0 aliphatic carbocycles. The lowest BCUT2D eigenvalue weighted by atomic mass is 9.95. The lowest BCUT2D eigenvalue weighted by Crippen LogP contribution is -2.39. The van der Waals surface area contributed by atoms with E-state index in [0.29, 0.717) is 16.1 Å². The Balaban J connectivity index is 1.99. The van der Waals surface area contributed by atoms with Crippen LogP contribution in [-0.4, -0.2) is 30.7 Å². The highest BCUT2D eigenvalue weighted by atomic mass is 35.5. The van der Waals surface area contributed by atoms with Crippen LogP contribution in [-0.2, 0) is 14.3 Å². The third-order valence-corrected chi connectivity index (χ3v) is 6.77. The first kappa shape index (κ1) is 25.3. The third kappa shape index (κ3) is 4.57. The predicted octanol–water partition coefficient (Wildman–Crippen LogP) is 3.13. The van der Waals surface area contributed by atoms with Gasteiger partial charge in [-0.05, 0) is 42.8 Å². The van der Waals surface area contributed by atoms with E-state index in [1.807, 2.05) is 0 Å². The number of halogens is 2. The van der Waals surface area contributed by atoms with Crippen LogP contribution in [0.3, 0.4) is 0 Å². The van der Waals surface area contributed by atoms with E-state index in [1.54, 1.807) is 19.1 Å². The molecule has 11 heteroatoms. The van der Waals surface area contributed by atoms with E-state index in [9.17, 15) is 18.8 Å². The van der Waals surface area contributed by atoms with E-state index in [2.05, 4.69) is 4.99 Å². The van der Waals surface area contributed by atoms with Gasteiger partial charge in [0, 0.05) is 12.5 Å². The molecule has 0 saturated heterocycles. The molecule has 0 radical (unpaired) electrons. The van der Waals surface area contributed by atoms with Crippen LogP contribution in [0.4, 0.5) is 4.39 Å². The molecule has 2 aromatic carbocycles. The maximum absolute atomic E-state index is 14.4. The van der Waals surface area contributed by atoms with Gasteiger partial charge in [0.25, 0.3) is 5.56 Å². The normalized spacial score (nSPS) is 15.3. The zero-order chi connectivity index (χ0) is 26.1. The molecule has 0 saturated carbocycles. The number of hydrogen-bond acceptors (Lipinski definition) is 8. The van der Waals surface area contributed by atoms with Crippen LogP contribution in [0, 0.1) is 5.82 Å². The summed E-state index contributed by atoms with van der Waals surface area (Å²) in [5.41, 5.74) is 0.542. The second-order valence-corrected chi connectivity index (χ2v) is 9.13. The van der Waals surface area contributed by atoms with Gasteiger partial charge in [-0.1, -0.05) is 35.1 Å². The van der Waals surface area contributed by atoms with E-state index < -0.39 is 29.4 Å². The molecule has 0 spiro atoms. The number of carbonyl (C=O) groups excluding carboxylic acids is 2. The molecule has 0 fully saturated rings. The summed E-state index contributed by atoms with van der Waals surface area (Å²) in [4.78, 5) is 42.6. The zero-order valence-electron chi connectivity index (χ0n) is 19.6. The van der Waals surface area contributed by atoms with Gasteiger partial charge in [-0.25, -0.2) is 14.2 Å². The zero-order valence-corrected chi connectivity index (χ0v) is 21.2. The van der Waals surface area contributed by atoms with Gasteiger partial charge in [0.15, 0.2) is 16.3 Å². The van der Waals surface area contributed by atoms with E-state index >= 15 is 0 Å². The fraction of sp³-hybridized carbons (Fsp3) is 0.200. The van der Waals surface area contributed by atoms with Gasteiger partial charge in [0.05, 0.1) is 41.1 Å². The fourth-order valence-electron chi connectivity index (χ4n) is 3.88. The fourth-order valence-corrected chi connectivity index (χ4v) is 5.13. The van der Waals surface area contributed by atoms with Crippen LogP contribution in [0.5, 0.6) is 11.5 Å². The molecule has 1 atom stereocenters. The summed E-state index contributed by atoms with van der Waals surface area (Å²) in [7, 11) is 2.63.